The van der Waals surface area contributed by atoms with Crippen LogP contribution in [0.5, 0.6) is 0 Å². The molecule has 110 valence electrons. The molecular weight excluding hydrogens is 294 g/mol. The van der Waals surface area contributed by atoms with Crippen LogP contribution in [0, 0.1) is 13.8 Å². The zero-order valence-electron chi connectivity index (χ0n) is 12.3. The molecule has 1 N–H and O–H groups in total. The van der Waals surface area contributed by atoms with Gasteiger partial charge in [-0.15, -0.1) is 11.3 Å². The predicted molar refractivity (Wildman–Crippen MR) is 91.4 cm³/mol. The number of thiazole rings is 1. The van der Waals surface area contributed by atoms with E-state index in [0.717, 1.165) is 16.1 Å². The van der Waals surface area contributed by atoms with Crippen molar-refractivity contribution in [2.24, 2.45) is 0 Å². The van der Waals surface area contributed by atoms with Crippen LogP contribution in [0.15, 0.2) is 36.4 Å². The summed E-state index contributed by atoms with van der Waals surface area (Å²) < 4.78 is 1.18. The van der Waals surface area contributed by atoms with Gasteiger partial charge < -0.3 is 5.11 Å². The molecule has 0 fully saturated rings. The summed E-state index contributed by atoms with van der Waals surface area (Å²) in [5.41, 5.74) is 4.79. The zero-order chi connectivity index (χ0) is 15.7. The van der Waals surface area contributed by atoms with Gasteiger partial charge in [0.15, 0.2) is 0 Å². The van der Waals surface area contributed by atoms with Crippen LogP contribution in [0.4, 0.5) is 0 Å². The molecule has 0 atom stereocenters. The number of carboxylic acids is 1. The zero-order valence-corrected chi connectivity index (χ0v) is 13.1. The molecule has 0 unspecified atom stereocenters. The lowest BCUT2D eigenvalue weighted by molar-refractivity contribution is 0.0697. The highest BCUT2D eigenvalue weighted by atomic mass is 32.1. The van der Waals surface area contributed by atoms with E-state index in [4.69, 9.17) is 5.11 Å². The summed E-state index contributed by atoms with van der Waals surface area (Å²) in [5, 5.41) is 9.83. The van der Waals surface area contributed by atoms with E-state index in [-0.39, 0.29) is 0 Å². The minimum absolute atomic E-state index is 0.295. The maximum absolute atomic E-state index is 10.8. The second-order valence-corrected chi connectivity index (χ2v) is 6.28. The summed E-state index contributed by atoms with van der Waals surface area (Å²) in [6.45, 7) is 4.20. The van der Waals surface area contributed by atoms with Gasteiger partial charge in [-0.1, -0.05) is 18.2 Å². The van der Waals surface area contributed by atoms with E-state index in [1.807, 2.05) is 12.2 Å². The maximum atomic E-state index is 10.8. The Morgan fingerprint density at radius 2 is 1.77 bits per heavy atom. The second-order valence-electron chi connectivity index (χ2n) is 5.22. The Balaban J connectivity index is 1.87. The van der Waals surface area contributed by atoms with Gasteiger partial charge in [0.25, 0.3) is 0 Å². The number of aromatic nitrogens is 1. The van der Waals surface area contributed by atoms with Gasteiger partial charge in [-0.3, -0.25) is 0 Å². The number of hydrogen-bond acceptors (Lipinski definition) is 3. The smallest absolute Gasteiger partial charge is 0.335 e. The molecule has 22 heavy (non-hydrogen) atoms. The quantitative estimate of drug-likeness (QED) is 0.757. The summed E-state index contributed by atoms with van der Waals surface area (Å²) in [7, 11) is 0. The van der Waals surface area contributed by atoms with E-state index in [1.165, 1.54) is 15.8 Å². The van der Waals surface area contributed by atoms with Gasteiger partial charge in [-0.25, -0.2) is 9.78 Å². The van der Waals surface area contributed by atoms with Crippen LogP contribution in [0.3, 0.4) is 0 Å². The monoisotopic (exact) mass is 309 g/mol. The van der Waals surface area contributed by atoms with Crippen LogP contribution in [-0.2, 0) is 0 Å². The number of hydrogen-bond donors (Lipinski definition) is 1. The number of aromatic carboxylic acids is 1. The van der Waals surface area contributed by atoms with Gasteiger partial charge in [0, 0.05) is 0 Å². The van der Waals surface area contributed by atoms with Crippen molar-refractivity contribution in [3.05, 3.63) is 63.7 Å². The standard InChI is InChI=1S/C18H15NO2S/c1-11-9-15-16(10-12(11)2)22-17(19-15)8-5-13-3-6-14(7-4-13)18(20)21/h3-10H,1-2H3,(H,20,21). The van der Waals surface area contributed by atoms with E-state index >= 15 is 0 Å². The first-order valence-corrected chi connectivity index (χ1v) is 7.74. The predicted octanol–water partition coefficient (Wildman–Crippen LogP) is 4.78. The van der Waals surface area contributed by atoms with Crippen LogP contribution in [0.1, 0.15) is 32.1 Å². The Morgan fingerprint density at radius 1 is 1.09 bits per heavy atom. The molecule has 0 saturated heterocycles. The van der Waals surface area contributed by atoms with Crippen molar-refractivity contribution >= 4 is 39.7 Å². The van der Waals surface area contributed by atoms with Crippen molar-refractivity contribution in [2.45, 2.75) is 13.8 Å². The van der Waals surface area contributed by atoms with Crippen LogP contribution in [-0.4, -0.2) is 16.1 Å². The minimum Gasteiger partial charge on any atom is -0.478 e. The first-order chi connectivity index (χ1) is 10.5. The fourth-order valence-corrected chi connectivity index (χ4v) is 3.12. The molecule has 3 nitrogen and oxygen atoms in total. The summed E-state index contributed by atoms with van der Waals surface area (Å²) in [4.78, 5) is 15.4. The molecule has 0 amide bonds. The van der Waals surface area contributed by atoms with E-state index in [9.17, 15) is 4.79 Å². The van der Waals surface area contributed by atoms with E-state index in [2.05, 4.69) is 31.0 Å². The first kappa shape index (κ1) is 14.5. The Bertz CT molecular complexity index is 837. The second kappa shape index (κ2) is 5.73. The first-order valence-electron chi connectivity index (χ1n) is 6.92. The number of carboxylic acid groups (broad SMARTS) is 1. The number of fused-ring (bicyclic) bond motifs is 1. The molecule has 2 aromatic carbocycles. The summed E-state index contributed by atoms with van der Waals surface area (Å²) in [5.74, 6) is -0.910. The van der Waals surface area contributed by atoms with Crippen molar-refractivity contribution in [2.75, 3.05) is 0 Å². The number of carbonyl (C=O) groups is 1. The number of benzene rings is 2. The largest absolute Gasteiger partial charge is 0.478 e. The molecule has 3 aromatic rings. The Labute approximate surface area is 132 Å². The molecule has 3 rings (SSSR count). The van der Waals surface area contributed by atoms with E-state index in [0.29, 0.717) is 5.56 Å². The SMILES string of the molecule is Cc1cc2nc(C=Cc3ccc(C(=O)O)cc3)sc2cc1C. The third kappa shape index (κ3) is 2.92. The average molecular weight is 309 g/mol. The molecule has 4 heteroatoms. The van der Waals surface area contributed by atoms with Crippen LogP contribution >= 0.6 is 11.3 Å². The normalized spacial score (nSPS) is 11.4. The minimum atomic E-state index is -0.910. The lowest BCUT2D eigenvalue weighted by Crippen LogP contribution is -1.94. The Morgan fingerprint density at radius 3 is 2.45 bits per heavy atom. The third-order valence-corrected chi connectivity index (χ3v) is 4.58. The molecule has 0 aliphatic heterocycles. The maximum Gasteiger partial charge on any atom is 0.335 e. The van der Waals surface area contributed by atoms with Crippen LogP contribution in [0.25, 0.3) is 22.4 Å². The molecule has 1 aromatic heterocycles. The van der Waals surface area contributed by atoms with Gasteiger partial charge in [-0.2, -0.15) is 0 Å². The lowest BCUT2D eigenvalue weighted by atomic mass is 10.1. The van der Waals surface area contributed by atoms with Gasteiger partial charge in [0.05, 0.1) is 15.8 Å². The van der Waals surface area contributed by atoms with Gasteiger partial charge >= 0.3 is 5.97 Å². The molecule has 0 saturated carbocycles. The molecule has 0 bridgehead atoms. The average Bonchev–Trinajstić information content (AvgIpc) is 2.88. The van der Waals surface area contributed by atoms with Crippen LogP contribution in [0.2, 0.25) is 0 Å². The van der Waals surface area contributed by atoms with Crippen molar-refractivity contribution in [1.82, 2.24) is 4.98 Å². The number of aryl methyl sites for hydroxylation is 2. The highest BCUT2D eigenvalue weighted by Crippen LogP contribution is 2.26. The highest BCUT2D eigenvalue weighted by Gasteiger charge is 2.04. The van der Waals surface area contributed by atoms with E-state index in [1.54, 1.807) is 35.6 Å². The number of nitrogens with zero attached hydrogens (tertiary/aromatic N) is 1. The van der Waals surface area contributed by atoms with Crippen LogP contribution < -0.4 is 0 Å². The van der Waals surface area contributed by atoms with E-state index < -0.39 is 5.97 Å². The fraction of sp³-hybridized carbons (Fsp3) is 0.111. The highest BCUT2D eigenvalue weighted by molar-refractivity contribution is 7.19. The molecule has 0 radical (unpaired) electrons. The molecule has 1 heterocycles. The van der Waals surface area contributed by atoms with Gasteiger partial charge in [0.1, 0.15) is 5.01 Å². The van der Waals surface area contributed by atoms with Crippen molar-refractivity contribution in [3.8, 4) is 0 Å². The third-order valence-electron chi connectivity index (χ3n) is 3.60. The Hall–Kier alpha value is -2.46. The van der Waals surface area contributed by atoms with Gasteiger partial charge in [-0.05, 0) is 60.9 Å². The summed E-state index contributed by atoms with van der Waals surface area (Å²) >= 11 is 1.66. The topological polar surface area (TPSA) is 50.2 Å². The Kier molecular flexibility index (Phi) is 3.77. The summed E-state index contributed by atoms with van der Waals surface area (Å²) in [6.07, 6.45) is 3.91. The van der Waals surface area contributed by atoms with Crippen molar-refractivity contribution in [3.63, 3.8) is 0 Å². The molecule has 0 aliphatic carbocycles. The fourth-order valence-electron chi connectivity index (χ4n) is 2.17. The molecular formula is C18H15NO2S. The molecule has 0 spiro atoms. The lowest BCUT2D eigenvalue weighted by Gasteiger charge is -1.96. The van der Waals surface area contributed by atoms with Gasteiger partial charge in [0.2, 0.25) is 0 Å². The number of rotatable bonds is 3. The van der Waals surface area contributed by atoms with Crippen molar-refractivity contribution < 1.29 is 9.90 Å². The summed E-state index contributed by atoms with van der Waals surface area (Å²) in [6, 6.07) is 11.1. The van der Waals surface area contributed by atoms with Crippen molar-refractivity contribution in [1.29, 1.82) is 0 Å². The molecule has 0 aliphatic rings.